The number of carbonyl (C=O) groups excluding carboxylic acids is 1. The Morgan fingerprint density at radius 1 is 1.03 bits per heavy atom. The van der Waals surface area contributed by atoms with Crippen LogP contribution in [0.3, 0.4) is 0 Å². The minimum Gasteiger partial charge on any atom is -0.481 e. The number of amides is 1. The molecule has 31 heavy (non-hydrogen) atoms. The summed E-state index contributed by atoms with van der Waals surface area (Å²) >= 11 is 8.06. The molecule has 2 N–H and O–H groups in total. The van der Waals surface area contributed by atoms with E-state index >= 15 is 0 Å². The van der Waals surface area contributed by atoms with Crippen molar-refractivity contribution in [2.75, 3.05) is 5.32 Å². The SMILES string of the molecule is CC(C)(C)SCc1cc(NC(=O)C(C)(C)C)ccc1Oc1cc(CC(=O)O)ccc1Cl. The van der Waals surface area contributed by atoms with Crippen LogP contribution in [0.5, 0.6) is 11.5 Å². The van der Waals surface area contributed by atoms with Crippen LogP contribution in [-0.4, -0.2) is 21.7 Å². The van der Waals surface area contributed by atoms with Gasteiger partial charge in [-0.15, -0.1) is 0 Å². The molecule has 5 nitrogen and oxygen atoms in total. The molecule has 0 saturated heterocycles. The molecule has 0 bridgehead atoms. The number of aliphatic carboxylic acids is 1. The van der Waals surface area contributed by atoms with E-state index < -0.39 is 11.4 Å². The van der Waals surface area contributed by atoms with Gasteiger partial charge in [-0.2, -0.15) is 11.8 Å². The zero-order valence-corrected chi connectivity index (χ0v) is 20.4. The standard InChI is InChI=1S/C24H30ClNO4S/c1-23(2,3)22(29)26-17-8-10-19(16(13-17)14-31-24(4,5)6)30-20-11-15(12-21(27)28)7-9-18(20)25/h7-11,13H,12,14H2,1-6H3,(H,26,29)(H,27,28). The molecule has 0 saturated carbocycles. The zero-order valence-electron chi connectivity index (χ0n) is 18.8. The fourth-order valence-electron chi connectivity index (χ4n) is 2.51. The van der Waals surface area contributed by atoms with Gasteiger partial charge in [0, 0.05) is 27.2 Å². The van der Waals surface area contributed by atoms with Gasteiger partial charge in [0.1, 0.15) is 11.5 Å². The summed E-state index contributed by atoms with van der Waals surface area (Å²) in [6.45, 7) is 12.0. The lowest BCUT2D eigenvalue weighted by molar-refractivity contribution is -0.136. The van der Waals surface area contributed by atoms with E-state index in [0.717, 1.165) is 5.56 Å². The van der Waals surface area contributed by atoms with E-state index in [4.69, 9.17) is 21.4 Å². The number of benzene rings is 2. The number of carboxylic acid groups (broad SMARTS) is 1. The van der Waals surface area contributed by atoms with Crippen LogP contribution in [0.15, 0.2) is 36.4 Å². The first-order valence-corrected chi connectivity index (χ1v) is 11.4. The quantitative estimate of drug-likeness (QED) is 0.473. The van der Waals surface area contributed by atoms with E-state index in [1.54, 1.807) is 42.1 Å². The molecular weight excluding hydrogens is 434 g/mol. The molecule has 0 fully saturated rings. The number of hydrogen-bond donors (Lipinski definition) is 2. The summed E-state index contributed by atoms with van der Waals surface area (Å²) in [5, 5.41) is 12.4. The van der Waals surface area contributed by atoms with Crippen LogP contribution in [-0.2, 0) is 21.8 Å². The van der Waals surface area contributed by atoms with Crippen LogP contribution in [0.25, 0.3) is 0 Å². The second-order valence-electron chi connectivity index (χ2n) is 9.37. The zero-order chi connectivity index (χ0) is 23.4. The summed E-state index contributed by atoms with van der Waals surface area (Å²) < 4.78 is 6.15. The highest BCUT2D eigenvalue weighted by atomic mass is 35.5. The second-order valence-corrected chi connectivity index (χ2v) is 11.6. The number of ether oxygens (including phenoxy) is 1. The van der Waals surface area contributed by atoms with Crippen molar-refractivity contribution in [3.63, 3.8) is 0 Å². The number of halogens is 1. The van der Waals surface area contributed by atoms with Gasteiger partial charge in [-0.1, -0.05) is 59.2 Å². The van der Waals surface area contributed by atoms with E-state index in [1.165, 1.54) is 0 Å². The highest BCUT2D eigenvalue weighted by molar-refractivity contribution is 7.99. The number of carbonyl (C=O) groups is 2. The van der Waals surface area contributed by atoms with Crippen molar-refractivity contribution in [2.24, 2.45) is 5.41 Å². The molecule has 1 amide bonds. The van der Waals surface area contributed by atoms with Gasteiger partial charge >= 0.3 is 5.97 Å². The molecule has 7 heteroatoms. The molecule has 0 radical (unpaired) electrons. The Hall–Kier alpha value is -2.18. The number of hydrogen-bond acceptors (Lipinski definition) is 4. The molecule has 2 aromatic carbocycles. The van der Waals surface area contributed by atoms with Crippen LogP contribution < -0.4 is 10.1 Å². The fourth-order valence-corrected chi connectivity index (χ4v) is 3.48. The highest BCUT2D eigenvalue weighted by Gasteiger charge is 2.22. The van der Waals surface area contributed by atoms with Gasteiger partial charge in [0.25, 0.3) is 0 Å². The first-order valence-electron chi connectivity index (χ1n) is 10.0. The Morgan fingerprint density at radius 3 is 2.29 bits per heavy atom. The predicted molar refractivity (Wildman–Crippen MR) is 128 cm³/mol. The molecule has 0 aromatic heterocycles. The van der Waals surface area contributed by atoms with Crippen molar-refractivity contribution in [3.05, 3.63) is 52.5 Å². The van der Waals surface area contributed by atoms with Gasteiger partial charge in [-0.25, -0.2) is 0 Å². The van der Waals surface area contributed by atoms with Gasteiger partial charge in [0.15, 0.2) is 0 Å². The predicted octanol–water partition coefficient (Wildman–Crippen LogP) is 6.78. The van der Waals surface area contributed by atoms with Crippen molar-refractivity contribution in [3.8, 4) is 11.5 Å². The third-order valence-corrected chi connectivity index (χ3v) is 5.86. The fraction of sp³-hybridized carbons (Fsp3) is 0.417. The third-order valence-electron chi connectivity index (χ3n) is 4.23. The first-order chi connectivity index (χ1) is 14.2. The topological polar surface area (TPSA) is 75.6 Å². The van der Waals surface area contributed by atoms with Crippen LogP contribution in [0.1, 0.15) is 52.7 Å². The molecule has 168 valence electrons. The molecule has 2 rings (SSSR count). The van der Waals surface area contributed by atoms with Crippen LogP contribution in [0.4, 0.5) is 5.69 Å². The second kappa shape index (κ2) is 9.96. The molecule has 0 spiro atoms. The summed E-state index contributed by atoms with van der Waals surface area (Å²) in [4.78, 5) is 23.4. The molecule has 0 atom stereocenters. The maximum Gasteiger partial charge on any atom is 0.307 e. The van der Waals surface area contributed by atoms with Crippen molar-refractivity contribution < 1.29 is 19.4 Å². The van der Waals surface area contributed by atoms with Gasteiger partial charge in [0.05, 0.1) is 11.4 Å². The van der Waals surface area contributed by atoms with Crippen LogP contribution in [0.2, 0.25) is 5.02 Å². The molecule has 0 aliphatic rings. The van der Waals surface area contributed by atoms with Gasteiger partial charge in [0.2, 0.25) is 5.91 Å². The Kier molecular flexibility index (Phi) is 8.06. The van der Waals surface area contributed by atoms with Crippen molar-refractivity contribution in [1.82, 2.24) is 0 Å². The molecule has 2 aromatic rings. The average Bonchev–Trinajstić information content (AvgIpc) is 2.62. The summed E-state index contributed by atoms with van der Waals surface area (Å²) in [6, 6.07) is 10.5. The van der Waals surface area contributed by atoms with Crippen LogP contribution in [0, 0.1) is 5.41 Å². The molecule has 0 heterocycles. The van der Waals surface area contributed by atoms with Gasteiger partial charge in [-0.3, -0.25) is 9.59 Å². The molecular formula is C24H30ClNO4S. The highest BCUT2D eigenvalue weighted by Crippen LogP contribution is 2.37. The Balaban J connectivity index is 2.37. The van der Waals surface area contributed by atoms with Crippen molar-refractivity contribution in [1.29, 1.82) is 0 Å². The largest absolute Gasteiger partial charge is 0.481 e. The smallest absolute Gasteiger partial charge is 0.307 e. The number of carboxylic acids is 1. The molecule has 0 aliphatic heterocycles. The summed E-state index contributed by atoms with van der Waals surface area (Å²) in [5.74, 6) is 0.688. The van der Waals surface area contributed by atoms with Crippen molar-refractivity contribution >= 4 is 40.9 Å². The number of rotatable bonds is 7. The average molecular weight is 464 g/mol. The normalized spacial score (nSPS) is 11.8. The van der Waals surface area contributed by atoms with Crippen LogP contribution >= 0.6 is 23.4 Å². The minimum atomic E-state index is -0.922. The van der Waals surface area contributed by atoms with Gasteiger partial charge < -0.3 is 15.2 Å². The van der Waals surface area contributed by atoms with E-state index in [1.807, 2.05) is 26.8 Å². The van der Waals surface area contributed by atoms with Crippen molar-refractivity contribution in [2.45, 2.75) is 58.5 Å². The van der Waals surface area contributed by atoms with E-state index in [9.17, 15) is 9.59 Å². The number of nitrogens with one attached hydrogen (secondary N) is 1. The molecule has 0 unspecified atom stereocenters. The first kappa shape index (κ1) is 25.1. The summed E-state index contributed by atoms with van der Waals surface area (Å²) in [6.07, 6.45) is -0.113. The Bertz CT molecular complexity index is 961. The number of anilines is 1. The van der Waals surface area contributed by atoms with E-state index in [-0.39, 0.29) is 17.1 Å². The summed E-state index contributed by atoms with van der Waals surface area (Å²) in [5.41, 5.74) is 1.70. The van der Waals surface area contributed by atoms with E-state index in [0.29, 0.717) is 33.5 Å². The Morgan fingerprint density at radius 2 is 1.71 bits per heavy atom. The maximum atomic E-state index is 12.4. The van der Waals surface area contributed by atoms with E-state index in [2.05, 4.69) is 26.1 Å². The maximum absolute atomic E-state index is 12.4. The molecule has 0 aliphatic carbocycles. The third kappa shape index (κ3) is 8.11. The lowest BCUT2D eigenvalue weighted by Gasteiger charge is -2.21. The summed E-state index contributed by atoms with van der Waals surface area (Å²) in [7, 11) is 0. The Labute approximate surface area is 193 Å². The lowest BCUT2D eigenvalue weighted by Crippen LogP contribution is -2.27. The number of thioether (sulfide) groups is 1. The minimum absolute atomic E-state index is 0.0426. The monoisotopic (exact) mass is 463 g/mol. The van der Waals surface area contributed by atoms with Gasteiger partial charge in [-0.05, 0) is 35.9 Å². The lowest BCUT2D eigenvalue weighted by atomic mass is 9.95.